The number of hydrogen-bond acceptors (Lipinski definition) is 3. The molecule has 1 saturated carbocycles. The third kappa shape index (κ3) is 4.49. The minimum Gasteiger partial charge on any atom is -0.465 e. The summed E-state index contributed by atoms with van der Waals surface area (Å²) in [5, 5.41) is 0. The largest absolute Gasteiger partial charge is 0.465 e. The van der Waals surface area contributed by atoms with Gasteiger partial charge in [-0.3, -0.25) is 4.79 Å². The van der Waals surface area contributed by atoms with E-state index in [9.17, 15) is 4.79 Å². The van der Waals surface area contributed by atoms with E-state index < -0.39 is 5.41 Å². The van der Waals surface area contributed by atoms with Crippen molar-refractivity contribution < 1.29 is 9.53 Å². The first-order valence-corrected chi connectivity index (χ1v) is 11.8. The van der Waals surface area contributed by atoms with Gasteiger partial charge in [-0.05, 0) is 76.5 Å². The Morgan fingerprint density at radius 3 is 1.97 bits per heavy atom. The van der Waals surface area contributed by atoms with Crippen molar-refractivity contribution in [2.24, 2.45) is 0 Å². The van der Waals surface area contributed by atoms with Crippen molar-refractivity contribution in [3.8, 4) is 21.6 Å². The normalized spacial score (nSPS) is 14.0. The van der Waals surface area contributed by atoms with Gasteiger partial charge in [-0.1, -0.05) is 62.4 Å². The number of benzene rings is 2. The van der Waals surface area contributed by atoms with Gasteiger partial charge in [0.05, 0.1) is 15.8 Å². The van der Waals surface area contributed by atoms with Crippen molar-refractivity contribution in [1.82, 2.24) is 0 Å². The summed E-state index contributed by atoms with van der Waals surface area (Å²) in [5.74, 6) is -0.0837. The molecule has 2 aromatic carbocycles. The maximum atomic E-state index is 12.3. The topological polar surface area (TPSA) is 26.3 Å². The molecule has 0 bridgehead atoms. The number of thiophene rings is 1. The van der Waals surface area contributed by atoms with Crippen molar-refractivity contribution in [2.45, 2.75) is 46.0 Å². The van der Waals surface area contributed by atoms with Crippen LogP contribution >= 0.6 is 27.3 Å². The molecule has 0 saturated heterocycles. The molecule has 4 rings (SSSR count). The summed E-state index contributed by atoms with van der Waals surface area (Å²) in [6.07, 6.45) is 1.77. The lowest BCUT2D eigenvalue weighted by molar-refractivity contribution is -0.146. The summed E-state index contributed by atoms with van der Waals surface area (Å²) in [6.45, 7) is 8.43. The van der Waals surface area contributed by atoms with Gasteiger partial charge in [-0.15, -0.1) is 11.3 Å². The second kappa shape index (κ2) is 9.27. The van der Waals surface area contributed by atoms with Crippen molar-refractivity contribution in [3.63, 3.8) is 0 Å². The molecule has 1 fully saturated rings. The summed E-state index contributed by atoms with van der Waals surface area (Å²) >= 11 is 5.32. The van der Waals surface area contributed by atoms with Gasteiger partial charge in [0.15, 0.2) is 0 Å². The van der Waals surface area contributed by atoms with Crippen molar-refractivity contribution in [2.75, 3.05) is 6.61 Å². The average molecular weight is 471 g/mol. The molecule has 152 valence electrons. The standard InChI is InChI=1S/C23H21BrO2S.C2H6/c1-3-26-22(25)23(12-13-23)19-10-8-17(9-11-19)16-4-6-18(7-5-16)21-15(2)14-20(24)27-21;1-2/h4-11,14H,3,12-13H2,1-2H3;1-2H3. The lowest BCUT2D eigenvalue weighted by Crippen LogP contribution is -2.23. The van der Waals surface area contributed by atoms with Gasteiger partial charge in [-0.2, -0.15) is 0 Å². The molecule has 1 aromatic heterocycles. The molecule has 0 atom stereocenters. The van der Waals surface area contributed by atoms with E-state index in [0.29, 0.717) is 6.61 Å². The number of ether oxygens (including phenoxy) is 1. The molecule has 1 aliphatic carbocycles. The third-order valence-corrected chi connectivity index (χ3v) is 7.01. The van der Waals surface area contributed by atoms with Crippen LogP contribution in [0.5, 0.6) is 0 Å². The fourth-order valence-electron chi connectivity index (χ4n) is 3.53. The van der Waals surface area contributed by atoms with Crippen LogP contribution in [0.2, 0.25) is 0 Å². The van der Waals surface area contributed by atoms with E-state index in [1.807, 2.05) is 20.8 Å². The van der Waals surface area contributed by atoms with E-state index in [-0.39, 0.29) is 5.97 Å². The minimum atomic E-state index is -0.400. The van der Waals surface area contributed by atoms with E-state index in [2.05, 4.69) is 77.5 Å². The summed E-state index contributed by atoms with van der Waals surface area (Å²) in [6, 6.07) is 19.2. The Bertz CT molecular complexity index is 967. The maximum Gasteiger partial charge on any atom is 0.316 e. The Balaban J connectivity index is 0.00000117. The summed E-state index contributed by atoms with van der Waals surface area (Å²) in [4.78, 5) is 13.6. The van der Waals surface area contributed by atoms with Gasteiger partial charge in [0.1, 0.15) is 0 Å². The highest BCUT2D eigenvalue weighted by molar-refractivity contribution is 9.11. The SMILES string of the molecule is CC.CCOC(=O)C1(c2ccc(-c3ccc(-c4sc(Br)cc4C)cc3)cc2)CC1. The number of hydrogen-bond donors (Lipinski definition) is 0. The Morgan fingerprint density at radius 2 is 1.52 bits per heavy atom. The molecule has 0 amide bonds. The predicted molar refractivity (Wildman–Crippen MR) is 127 cm³/mol. The zero-order valence-electron chi connectivity index (χ0n) is 17.4. The van der Waals surface area contributed by atoms with Gasteiger partial charge >= 0.3 is 5.97 Å². The third-order valence-electron chi connectivity index (χ3n) is 5.22. The van der Waals surface area contributed by atoms with Crippen LogP contribution in [0.3, 0.4) is 0 Å². The number of carbonyl (C=O) groups is 1. The van der Waals surface area contributed by atoms with Crippen LogP contribution in [0.15, 0.2) is 58.4 Å². The van der Waals surface area contributed by atoms with Crippen LogP contribution in [0.25, 0.3) is 21.6 Å². The number of rotatable bonds is 5. The Kier molecular flexibility index (Phi) is 6.97. The Morgan fingerprint density at radius 1 is 1.00 bits per heavy atom. The fourth-order valence-corrected chi connectivity index (χ4v) is 5.26. The number of esters is 1. The lowest BCUT2D eigenvalue weighted by Gasteiger charge is -2.14. The molecule has 0 spiro atoms. The Hall–Kier alpha value is -1.91. The number of aryl methyl sites for hydroxylation is 1. The highest BCUT2D eigenvalue weighted by atomic mass is 79.9. The Labute approximate surface area is 186 Å². The second-order valence-electron chi connectivity index (χ2n) is 7.02. The highest BCUT2D eigenvalue weighted by Gasteiger charge is 2.52. The molecule has 0 radical (unpaired) electrons. The molecular weight excluding hydrogens is 444 g/mol. The first-order chi connectivity index (χ1) is 14.0. The molecule has 0 N–H and O–H groups in total. The van der Waals surface area contributed by atoms with Crippen LogP contribution in [0, 0.1) is 6.92 Å². The maximum absolute atomic E-state index is 12.3. The molecule has 2 nitrogen and oxygen atoms in total. The first kappa shape index (κ1) is 21.8. The zero-order valence-corrected chi connectivity index (χ0v) is 19.8. The van der Waals surface area contributed by atoms with E-state index in [0.717, 1.165) is 27.8 Å². The van der Waals surface area contributed by atoms with Gasteiger partial charge in [0, 0.05) is 4.88 Å². The van der Waals surface area contributed by atoms with Crippen LogP contribution in [-0.2, 0) is 14.9 Å². The van der Waals surface area contributed by atoms with Crippen LogP contribution in [-0.4, -0.2) is 12.6 Å². The van der Waals surface area contributed by atoms with Crippen LogP contribution in [0.1, 0.15) is 44.7 Å². The molecule has 29 heavy (non-hydrogen) atoms. The molecule has 1 aliphatic rings. The zero-order chi connectivity index (χ0) is 21.0. The predicted octanol–water partition coefficient (Wildman–Crippen LogP) is 7.77. The molecular formula is C25H27BrO2S. The van der Waals surface area contributed by atoms with Gasteiger partial charge in [0.2, 0.25) is 0 Å². The first-order valence-electron chi connectivity index (χ1n) is 10.2. The summed E-state index contributed by atoms with van der Waals surface area (Å²) in [5.41, 5.74) is 5.54. The van der Waals surface area contributed by atoms with Crippen molar-refractivity contribution in [1.29, 1.82) is 0 Å². The highest BCUT2D eigenvalue weighted by Crippen LogP contribution is 2.49. The summed E-state index contributed by atoms with van der Waals surface area (Å²) < 4.78 is 6.42. The van der Waals surface area contributed by atoms with Gasteiger partial charge in [-0.25, -0.2) is 0 Å². The second-order valence-corrected chi connectivity index (χ2v) is 9.45. The monoisotopic (exact) mass is 470 g/mol. The summed E-state index contributed by atoms with van der Waals surface area (Å²) in [7, 11) is 0. The lowest BCUT2D eigenvalue weighted by atomic mass is 9.93. The molecule has 0 unspecified atom stereocenters. The van der Waals surface area contributed by atoms with Crippen LogP contribution < -0.4 is 0 Å². The smallest absolute Gasteiger partial charge is 0.316 e. The molecule has 3 aromatic rings. The molecule has 0 aliphatic heterocycles. The van der Waals surface area contributed by atoms with E-state index in [4.69, 9.17) is 4.74 Å². The van der Waals surface area contributed by atoms with Crippen molar-refractivity contribution in [3.05, 3.63) is 69.5 Å². The van der Waals surface area contributed by atoms with E-state index >= 15 is 0 Å². The van der Waals surface area contributed by atoms with E-state index in [1.165, 1.54) is 21.6 Å². The van der Waals surface area contributed by atoms with Crippen LogP contribution in [0.4, 0.5) is 0 Å². The molecule has 4 heteroatoms. The fraction of sp³-hybridized carbons (Fsp3) is 0.320. The van der Waals surface area contributed by atoms with Crippen molar-refractivity contribution >= 4 is 33.2 Å². The quantitative estimate of drug-likeness (QED) is 0.355. The number of carbonyl (C=O) groups excluding carboxylic acids is 1. The van der Waals surface area contributed by atoms with Gasteiger partial charge in [0.25, 0.3) is 0 Å². The molecule has 1 heterocycles. The van der Waals surface area contributed by atoms with Gasteiger partial charge < -0.3 is 4.74 Å². The average Bonchev–Trinajstić information content (AvgIpc) is 3.49. The van der Waals surface area contributed by atoms with E-state index in [1.54, 1.807) is 11.3 Å². The number of halogens is 1. The minimum absolute atomic E-state index is 0.0837.